The summed E-state index contributed by atoms with van der Waals surface area (Å²) in [4.78, 5) is -4.97. The van der Waals surface area contributed by atoms with E-state index in [0.717, 1.165) is 12.1 Å². The van der Waals surface area contributed by atoms with Gasteiger partial charge in [-0.05, 0) is 11.5 Å². The minimum atomic E-state index is -5.73. The number of fused-ring (bicyclic) bond motifs is 1. The Bertz CT molecular complexity index is 1090. The number of benzene rings is 2. The van der Waals surface area contributed by atoms with Gasteiger partial charge < -0.3 is 13.7 Å². The number of hydrogen-bond acceptors (Lipinski definition) is 9. The van der Waals surface area contributed by atoms with E-state index in [9.17, 15) is 38.9 Å². The molecule has 2 aromatic carbocycles. The van der Waals surface area contributed by atoms with Crippen LogP contribution in [0.2, 0.25) is 0 Å². The molecule has 15 heteroatoms. The molecule has 0 aliphatic carbocycles. The minimum Gasteiger partial charge on any atom is -0.744 e. The van der Waals surface area contributed by atoms with Gasteiger partial charge in [0, 0.05) is 5.39 Å². The maximum absolute atomic E-state index is 11.3. The second-order valence-corrected chi connectivity index (χ2v) is 8.10. The van der Waals surface area contributed by atoms with Crippen molar-refractivity contribution in [1.29, 1.82) is 0 Å². The molecule has 120 valence electrons. The van der Waals surface area contributed by atoms with E-state index in [1.165, 1.54) is 12.1 Å². The summed E-state index contributed by atoms with van der Waals surface area (Å²) in [6, 6.07) is 5.27. The van der Waals surface area contributed by atoms with Crippen LogP contribution in [-0.2, 0) is 30.4 Å². The Morgan fingerprint density at radius 2 is 1.08 bits per heavy atom. The summed E-state index contributed by atoms with van der Waals surface area (Å²) in [5, 5.41) is -0.668. The van der Waals surface area contributed by atoms with Crippen molar-refractivity contribution >= 4 is 41.1 Å². The Morgan fingerprint density at radius 3 is 1.48 bits per heavy atom. The molecular formula is C10H5O9Rb3S3. The van der Waals surface area contributed by atoms with Gasteiger partial charge >= 0.3 is 175 Å². The van der Waals surface area contributed by atoms with E-state index in [-0.39, 0.29) is 180 Å². The smallest absolute Gasteiger partial charge is 0.744 e. The van der Waals surface area contributed by atoms with Crippen LogP contribution in [0.3, 0.4) is 0 Å². The molecule has 25 heavy (non-hydrogen) atoms. The molecular weight excluding hydrogens is 617 g/mol. The Labute approximate surface area is 291 Å². The van der Waals surface area contributed by atoms with E-state index in [1.807, 2.05) is 0 Å². The van der Waals surface area contributed by atoms with Crippen LogP contribution in [-0.4, -0.2) is 38.9 Å². The van der Waals surface area contributed by atoms with Crippen molar-refractivity contribution < 1.29 is 213 Å². The Balaban J connectivity index is 0. The Hall–Kier alpha value is 3.85. The van der Waals surface area contributed by atoms with Gasteiger partial charge in [-0.15, -0.1) is 0 Å². The van der Waals surface area contributed by atoms with Crippen molar-refractivity contribution in [3.63, 3.8) is 0 Å². The summed E-state index contributed by atoms with van der Waals surface area (Å²) in [5.74, 6) is 0. The maximum Gasteiger partial charge on any atom is 1.00 e. The van der Waals surface area contributed by atoms with Crippen LogP contribution >= 0.6 is 0 Å². The molecule has 0 saturated carbocycles. The molecule has 0 saturated heterocycles. The summed E-state index contributed by atoms with van der Waals surface area (Å²) >= 11 is 0. The molecule has 0 heterocycles. The number of hydrogen-bond donors (Lipinski definition) is 0. The molecule has 0 amide bonds. The summed E-state index contributed by atoms with van der Waals surface area (Å²) < 4.78 is 101. The standard InChI is InChI=1S/C10H8O9S3.3Rb/c11-20(12,13)8-5-6-3-1-2-4-7(6)9(21(14,15)16)10(8)22(17,18)19;;;/h1-5H,(H,11,12,13)(H,14,15,16)(H,17,18,19);;;/q;3*+1/p-3. The fourth-order valence-corrected chi connectivity index (χ4v) is 5.27. The third kappa shape index (κ3) is 7.80. The number of rotatable bonds is 3. The van der Waals surface area contributed by atoms with Gasteiger partial charge in [-0.1, -0.05) is 24.3 Å². The molecule has 0 aliphatic heterocycles. The van der Waals surface area contributed by atoms with Crippen LogP contribution in [0, 0.1) is 0 Å². The molecule has 2 aromatic rings. The van der Waals surface area contributed by atoms with Crippen LogP contribution in [0.4, 0.5) is 0 Å². The fraction of sp³-hybridized carbons (Fsp3) is 0. The second kappa shape index (κ2) is 11.5. The van der Waals surface area contributed by atoms with E-state index in [4.69, 9.17) is 0 Å². The molecule has 0 bridgehead atoms. The Kier molecular flexibility index (Phi) is 14.2. The van der Waals surface area contributed by atoms with Crippen LogP contribution in [0.25, 0.3) is 10.8 Å². The van der Waals surface area contributed by atoms with E-state index < -0.39 is 50.4 Å². The predicted octanol–water partition coefficient (Wildman–Crippen LogP) is -9.44. The first-order valence-electron chi connectivity index (χ1n) is 5.27. The first-order valence-corrected chi connectivity index (χ1v) is 9.49. The molecule has 0 N–H and O–H groups in total. The molecule has 0 radical (unpaired) electrons. The van der Waals surface area contributed by atoms with Gasteiger partial charge in [0.15, 0.2) is 0 Å². The van der Waals surface area contributed by atoms with Gasteiger partial charge in [0.05, 0.1) is 14.7 Å². The zero-order chi connectivity index (χ0) is 16.9. The monoisotopic (exact) mass is 620 g/mol. The molecule has 0 fully saturated rings. The predicted molar refractivity (Wildman–Crippen MR) is 67.8 cm³/mol. The molecule has 0 aromatic heterocycles. The van der Waals surface area contributed by atoms with Crippen LogP contribution < -0.4 is 175 Å². The van der Waals surface area contributed by atoms with Crippen molar-refractivity contribution in [2.24, 2.45) is 0 Å². The third-order valence-electron chi connectivity index (χ3n) is 2.69. The van der Waals surface area contributed by atoms with Gasteiger partial charge in [-0.25, -0.2) is 25.3 Å². The average Bonchev–Trinajstić information content (AvgIpc) is 2.33. The van der Waals surface area contributed by atoms with E-state index in [1.54, 1.807) is 0 Å². The van der Waals surface area contributed by atoms with Crippen molar-refractivity contribution in [2.45, 2.75) is 14.7 Å². The van der Waals surface area contributed by atoms with Gasteiger partial charge in [-0.2, -0.15) is 0 Å². The minimum absolute atomic E-state index is 0. The first-order chi connectivity index (χ1) is 9.83. The molecule has 0 spiro atoms. The van der Waals surface area contributed by atoms with Gasteiger partial charge in [-0.3, -0.25) is 0 Å². The van der Waals surface area contributed by atoms with Gasteiger partial charge in [0.25, 0.3) is 0 Å². The summed E-state index contributed by atoms with van der Waals surface area (Å²) in [7, 11) is -16.8. The summed E-state index contributed by atoms with van der Waals surface area (Å²) in [6.07, 6.45) is 0. The second-order valence-electron chi connectivity index (χ2n) is 4.12. The summed E-state index contributed by atoms with van der Waals surface area (Å²) in [5.41, 5.74) is 0. The van der Waals surface area contributed by atoms with Crippen molar-refractivity contribution in [2.75, 3.05) is 0 Å². The van der Waals surface area contributed by atoms with E-state index in [0.29, 0.717) is 6.07 Å². The Morgan fingerprint density at radius 1 is 0.640 bits per heavy atom. The zero-order valence-electron chi connectivity index (χ0n) is 13.3. The quantitative estimate of drug-likeness (QED) is 0.302. The normalized spacial score (nSPS) is 11.8. The molecule has 0 unspecified atom stereocenters. The first kappa shape index (κ1) is 31.0. The van der Waals surface area contributed by atoms with E-state index >= 15 is 0 Å². The SMILES string of the molecule is O=S(=O)([O-])c1cc2ccccc2c(S(=O)(=O)[O-])c1S(=O)(=O)[O-].[Rb+].[Rb+].[Rb+]. The largest absolute Gasteiger partial charge is 1.00 e. The maximum atomic E-state index is 11.3. The molecule has 0 aliphatic rings. The van der Waals surface area contributed by atoms with Crippen LogP contribution in [0.5, 0.6) is 0 Å². The van der Waals surface area contributed by atoms with Crippen molar-refractivity contribution in [3.05, 3.63) is 30.3 Å². The molecule has 2 rings (SSSR count). The third-order valence-corrected chi connectivity index (χ3v) is 5.66. The summed E-state index contributed by atoms with van der Waals surface area (Å²) in [6.45, 7) is 0. The zero-order valence-corrected chi connectivity index (χ0v) is 30.5. The topological polar surface area (TPSA) is 172 Å². The van der Waals surface area contributed by atoms with Crippen LogP contribution in [0.15, 0.2) is 45.0 Å². The van der Waals surface area contributed by atoms with Gasteiger partial charge in [0.2, 0.25) is 0 Å². The van der Waals surface area contributed by atoms with Gasteiger partial charge in [0.1, 0.15) is 30.4 Å². The van der Waals surface area contributed by atoms with Crippen molar-refractivity contribution in [1.82, 2.24) is 0 Å². The van der Waals surface area contributed by atoms with Crippen LogP contribution in [0.1, 0.15) is 0 Å². The van der Waals surface area contributed by atoms with E-state index in [2.05, 4.69) is 0 Å². The fourth-order valence-electron chi connectivity index (χ4n) is 1.94. The average molecular weight is 622 g/mol. The molecule has 9 nitrogen and oxygen atoms in total. The van der Waals surface area contributed by atoms with Crippen molar-refractivity contribution in [3.8, 4) is 0 Å². The molecule has 0 atom stereocenters.